The molecule has 1 aromatic heterocycles. The molecule has 0 saturated carbocycles. The summed E-state index contributed by atoms with van der Waals surface area (Å²) in [6, 6.07) is 18.1. The topological polar surface area (TPSA) is 70.6 Å². The van der Waals surface area contributed by atoms with Crippen molar-refractivity contribution in [3.63, 3.8) is 0 Å². The molecule has 1 aliphatic heterocycles. The zero-order chi connectivity index (χ0) is 26.9. The molecule has 0 atom stereocenters. The number of para-hydroxylation sites is 1. The Morgan fingerprint density at radius 2 is 1.79 bits per heavy atom. The number of benzene rings is 3. The van der Waals surface area contributed by atoms with Crippen LogP contribution in [0.5, 0.6) is 0 Å². The first-order valence-electron chi connectivity index (χ1n) is 12.5. The van der Waals surface area contributed by atoms with Crippen molar-refractivity contribution >= 4 is 42.6 Å². The van der Waals surface area contributed by atoms with Crippen LogP contribution in [0.4, 0.5) is 13.9 Å². The van der Waals surface area contributed by atoms with Crippen molar-refractivity contribution in [3.8, 4) is 0 Å². The summed E-state index contributed by atoms with van der Waals surface area (Å²) in [6.45, 7) is 2.48. The molecule has 0 aliphatic carbocycles. The Bertz CT molecular complexity index is 1570. The summed E-state index contributed by atoms with van der Waals surface area (Å²) in [7, 11) is -4.23. The molecule has 5 rings (SSSR count). The lowest BCUT2D eigenvalue weighted by Crippen LogP contribution is -2.44. The van der Waals surface area contributed by atoms with E-state index >= 15 is 0 Å². The molecule has 1 amide bonds. The Balaban J connectivity index is 1.39. The summed E-state index contributed by atoms with van der Waals surface area (Å²) in [5.41, 5.74) is 2.96. The van der Waals surface area contributed by atoms with Crippen LogP contribution >= 0.6 is 11.3 Å². The fraction of sp³-hybridized carbons (Fsp3) is 0.286. The molecule has 0 radical (unpaired) electrons. The molecule has 38 heavy (non-hydrogen) atoms. The molecular formula is C28H27F2N3O3S2. The van der Waals surface area contributed by atoms with Crippen LogP contribution < -0.4 is 4.90 Å². The molecule has 0 unspecified atom stereocenters. The number of hydrogen-bond acceptors (Lipinski definition) is 5. The van der Waals surface area contributed by atoms with E-state index in [0.717, 1.165) is 44.2 Å². The molecule has 0 N–H and O–H groups in total. The number of sulfonamides is 1. The second kappa shape index (κ2) is 10.9. The van der Waals surface area contributed by atoms with Gasteiger partial charge in [-0.25, -0.2) is 22.2 Å². The van der Waals surface area contributed by atoms with Crippen LogP contribution in [0.25, 0.3) is 10.2 Å². The number of piperidine rings is 1. The summed E-state index contributed by atoms with van der Waals surface area (Å²) in [5, 5.41) is 0.603. The Morgan fingerprint density at radius 3 is 2.50 bits per heavy atom. The lowest BCUT2D eigenvalue weighted by atomic mass is 9.96. The Kier molecular flexibility index (Phi) is 7.56. The fourth-order valence-corrected chi connectivity index (χ4v) is 7.34. The van der Waals surface area contributed by atoms with Crippen molar-refractivity contribution in [2.24, 2.45) is 5.92 Å². The summed E-state index contributed by atoms with van der Waals surface area (Å²) < 4.78 is 56.0. The van der Waals surface area contributed by atoms with E-state index in [0.29, 0.717) is 17.7 Å². The van der Waals surface area contributed by atoms with Gasteiger partial charge in [-0.3, -0.25) is 9.69 Å². The summed E-state index contributed by atoms with van der Waals surface area (Å²) in [6.07, 6.45) is 1.36. The molecule has 0 spiro atoms. The first-order valence-corrected chi connectivity index (χ1v) is 14.7. The van der Waals surface area contributed by atoms with Crippen LogP contribution in [0.15, 0.2) is 71.6 Å². The molecule has 2 heterocycles. The van der Waals surface area contributed by atoms with Crippen molar-refractivity contribution in [3.05, 3.63) is 89.5 Å². The van der Waals surface area contributed by atoms with Crippen LogP contribution in [0.3, 0.4) is 0 Å². The van der Waals surface area contributed by atoms with Crippen LogP contribution in [0, 0.1) is 17.6 Å². The largest absolute Gasteiger partial charge is 0.283 e. The summed E-state index contributed by atoms with van der Waals surface area (Å²) >= 11 is 1.46. The second-order valence-corrected chi connectivity index (χ2v) is 12.2. The Hall–Kier alpha value is -3.21. The van der Waals surface area contributed by atoms with Gasteiger partial charge in [0.25, 0.3) is 0 Å². The van der Waals surface area contributed by atoms with Gasteiger partial charge < -0.3 is 0 Å². The number of thiazole rings is 1. The number of carbonyl (C=O) groups is 1. The van der Waals surface area contributed by atoms with Crippen LogP contribution in [-0.4, -0.2) is 36.7 Å². The predicted molar refractivity (Wildman–Crippen MR) is 144 cm³/mol. The van der Waals surface area contributed by atoms with Gasteiger partial charge in [-0.1, -0.05) is 60.7 Å². The van der Waals surface area contributed by atoms with E-state index < -0.39 is 32.5 Å². The molecule has 4 aromatic rings. The van der Waals surface area contributed by atoms with Crippen molar-refractivity contribution in [1.82, 2.24) is 9.29 Å². The lowest BCUT2D eigenvalue weighted by molar-refractivity contribution is -0.123. The van der Waals surface area contributed by atoms with Gasteiger partial charge in [-0.2, -0.15) is 4.31 Å². The van der Waals surface area contributed by atoms with Gasteiger partial charge in [-0.15, -0.1) is 0 Å². The van der Waals surface area contributed by atoms with Crippen molar-refractivity contribution in [2.45, 2.75) is 37.6 Å². The van der Waals surface area contributed by atoms with E-state index in [1.54, 1.807) is 4.90 Å². The molecule has 198 valence electrons. The van der Waals surface area contributed by atoms with Gasteiger partial charge in [0.2, 0.25) is 15.9 Å². The average molecular weight is 556 g/mol. The number of rotatable bonds is 7. The van der Waals surface area contributed by atoms with Gasteiger partial charge in [-0.05, 0) is 54.7 Å². The van der Waals surface area contributed by atoms with E-state index in [1.165, 1.54) is 11.3 Å². The van der Waals surface area contributed by atoms with Crippen molar-refractivity contribution in [2.75, 3.05) is 18.0 Å². The smallest absolute Gasteiger partial charge is 0.246 e. The number of hydrogen-bond donors (Lipinski definition) is 0. The number of aromatic nitrogens is 1. The first-order chi connectivity index (χ1) is 18.3. The highest BCUT2D eigenvalue weighted by Gasteiger charge is 2.36. The minimum absolute atomic E-state index is 0.0354. The summed E-state index contributed by atoms with van der Waals surface area (Å²) in [4.78, 5) is 19.7. The number of halogens is 2. The molecule has 0 bridgehead atoms. The van der Waals surface area contributed by atoms with Gasteiger partial charge in [0, 0.05) is 19.0 Å². The molecule has 1 fully saturated rings. The highest BCUT2D eigenvalue weighted by atomic mass is 32.2. The second-order valence-electron chi connectivity index (χ2n) is 9.28. The van der Waals surface area contributed by atoms with Crippen LogP contribution in [0.2, 0.25) is 0 Å². The zero-order valence-electron chi connectivity index (χ0n) is 20.8. The highest BCUT2D eigenvalue weighted by Crippen LogP contribution is 2.34. The van der Waals surface area contributed by atoms with E-state index in [1.807, 2.05) is 48.5 Å². The third-order valence-electron chi connectivity index (χ3n) is 6.87. The Labute approximate surface area is 224 Å². The molecule has 1 saturated heterocycles. The number of nitrogens with zero attached hydrogens (tertiary/aromatic N) is 3. The molecule has 10 heteroatoms. The van der Waals surface area contributed by atoms with Gasteiger partial charge >= 0.3 is 0 Å². The van der Waals surface area contributed by atoms with Crippen LogP contribution in [0.1, 0.15) is 30.9 Å². The maximum Gasteiger partial charge on any atom is 0.246 e. The quantitative estimate of drug-likeness (QED) is 0.290. The normalized spacial score (nSPS) is 15.1. The molecule has 1 aliphatic rings. The standard InChI is InChI=1S/C28H27F2N3O3S2/c1-2-20-9-6-10-24-26(20)31-28(37-24)33(18-19-7-4-3-5-8-19)27(34)21-13-15-32(16-14-21)38(35,36)25-17-22(29)11-12-23(25)30/h3-12,17,21H,2,13-16,18H2,1H3. The summed E-state index contributed by atoms with van der Waals surface area (Å²) in [5.74, 6) is -2.38. The molecule has 3 aromatic carbocycles. The van der Waals surface area contributed by atoms with Gasteiger partial charge in [0.05, 0.1) is 16.8 Å². The number of aryl methyl sites for hydroxylation is 1. The van der Waals surface area contributed by atoms with Gasteiger partial charge in [0.1, 0.15) is 16.5 Å². The number of anilines is 1. The first kappa shape index (κ1) is 26.4. The number of amides is 1. The fourth-order valence-electron chi connectivity index (χ4n) is 4.78. The SMILES string of the molecule is CCc1cccc2sc(N(Cc3ccccc3)C(=O)C3CCN(S(=O)(=O)c4cc(F)ccc4F)CC3)nc12. The van der Waals surface area contributed by atoms with E-state index in [2.05, 4.69) is 6.92 Å². The van der Waals surface area contributed by atoms with Crippen LogP contribution in [-0.2, 0) is 27.8 Å². The van der Waals surface area contributed by atoms with E-state index in [9.17, 15) is 22.0 Å². The number of carbonyl (C=O) groups excluding carboxylic acids is 1. The van der Waals surface area contributed by atoms with Crippen molar-refractivity contribution < 1.29 is 22.0 Å². The lowest BCUT2D eigenvalue weighted by Gasteiger charge is -2.33. The maximum absolute atomic E-state index is 14.2. The predicted octanol–water partition coefficient (Wildman–Crippen LogP) is 5.77. The monoisotopic (exact) mass is 555 g/mol. The third-order valence-corrected chi connectivity index (χ3v) is 9.82. The minimum atomic E-state index is -4.23. The maximum atomic E-state index is 14.2. The van der Waals surface area contributed by atoms with E-state index in [-0.39, 0.29) is 31.8 Å². The van der Waals surface area contributed by atoms with E-state index in [4.69, 9.17) is 4.98 Å². The average Bonchev–Trinajstić information content (AvgIpc) is 3.37. The minimum Gasteiger partial charge on any atom is -0.283 e. The molecule has 6 nitrogen and oxygen atoms in total. The van der Waals surface area contributed by atoms with Gasteiger partial charge in [0.15, 0.2) is 5.13 Å². The third kappa shape index (κ3) is 5.21. The molecular weight excluding hydrogens is 528 g/mol. The Morgan fingerprint density at radius 1 is 1.05 bits per heavy atom. The van der Waals surface area contributed by atoms with Crippen molar-refractivity contribution in [1.29, 1.82) is 0 Å². The number of fused-ring (bicyclic) bond motifs is 1. The zero-order valence-corrected chi connectivity index (χ0v) is 22.4. The highest BCUT2D eigenvalue weighted by molar-refractivity contribution is 7.89.